The van der Waals surface area contributed by atoms with E-state index in [-0.39, 0.29) is 17.3 Å². The summed E-state index contributed by atoms with van der Waals surface area (Å²) < 4.78 is 19.7. The minimum atomic E-state index is -1.19. The highest BCUT2D eigenvalue weighted by Crippen LogP contribution is 2.30. The third-order valence-electron chi connectivity index (χ3n) is 6.93. The van der Waals surface area contributed by atoms with Crippen LogP contribution in [0, 0.1) is 5.82 Å². The van der Waals surface area contributed by atoms with E-state index in [9.17, 15) is 19.1 Å². The van der Waals surface area contributed by atoms with Crippen LogP contribution in [0.2, 0.25) is 0 Å². The SMILES string of the molecule is CC(C)(O)c1ccc(NC(=O)c2ccsc2Nc2cccc(CN3CCC4(CC3)COC(=O)N4)n2)c(F)c1. The van der Waals surface area contributed by atoms with Crippen molar-refractivity contribution in [3.05, 3.63) is 70.5 Å². The standard InChI is InChI=1S/C27H30FN5O4S/c1-26(2,36)17-6-7-21(20(28)14-17)30-23(34)19-8-13-38-24(19)31-22-5-3-4-18(29-22)15-33-11-9-27(10-12-33)16-37-25(35)32-27/h3-8,13-14,36H,9-12,15-16H2,1-2H3,(H,29,31)(H,30,34)(H,32,35). The second-order valence-corrected chi connectivity index (χ2v) is 11.2. The third-order valence-corrected chi connectivity index (χ3v) is 7.76. The van der Waals surface area contributed by atoms with Gasteiger partial charge in [-0.15, -0.1) is 11.3 Å². The molecule has 0 aliphatic carbocycles. The van der Waals surface area contributed by atoms with Crippen LogP contribution in [0.25, 0.3) is 0 Å². The van der Waals surface area contributed by atoms with Crippen molar-refractivity contribution in [2.24, 2.45) is 0 Å². The first-order valence-electron chi connectivity index (χ1n) is 12.4. The van der Waals surface area contributed by atoms with Gasteiger partial charge in [0.2, 0.25) is 0 Å². The van der Waals surface area contributed by atoms with Crippen LogP contribution in [0.3, 0.4) is 0 Å². The molecule has 4 N–H and O–H groups in total. The van der Waals surface area contributed by atoms with E-state index < -0.39 is 17.3 Å². The number of aliphatic hydroxyl groups is 1. The predicted octanol–water partition coefficient (Wildman–Crippen LogP) is 4.58. The molecule has 2 fully saturated rings. The number of amides is 2. The summed E-state index contributed by atoms with van der Waals surface area (Å²) in [6.07, 6.45) is 1.31. The van der Waals surface area contributed by atoms with Crippen LogP contribution >= 0.6 is 11.3 Å². The number of likely N-dealkylation sites (tertiary alicyclic amines) is 1. The highest BCUT2D eigenvalue weighted by atomic mass is 32.1. The number of pyridine rings is 1. The maximum absolute atomic E-state index is 14.6. The molecular formula is C27H30FN5O4S. The molecule has 0 radical (unpaired) electrons. The van der Waals surface area contributed by atoms with Gasteiger partial charge in [-0.05, 0) is 68.0 Å². The van der Waals surface area contributed by atoms with Crippen molar-refractivity contribution in [2.45, 2.75) is 44.4 Å². The van der Waals surface area contributed by atoms with Crippen molar-refractivity contribution >= 4 is 39.8 Å². The Bertz CT molecular complexity index is 1350. The summed E-state index contributed by atoms with van der Waals surface area (Å²) in [5.41, 5.74) is 0.270. The molecule has 0 bridgehead atoms. The minimum Gasteiger partial charge on any atom is -0.447 e. The Morgan fingerprint density at radius 1 is 1.26 bits per heavy atom. The van der Waals surface area contributed by atoms with Gasteiger partial charge in [0.1, 0.15) is 23.2 Å². The number of cyclic esters (lactones) is 1. The van der Waals surface area contributed by atoms with Crippen LogP contribution in [0.15, 0.2) is 47.8 Å². The average Bonchev–Trinajstić information content (AvgIpc) is 3.48. The second-order valence-electron chi connectivity index (χ2n) is 10.3. The van der Waals surface area contributed by atoms with E-state index in [0.717, 1.165) is 31.6 Å². The smallest absolute Gasteiger partial charge is 0.407 e. The van der Waals surface area contributed by atoms with Gasteiger partial charge in [0, 0.05) is 19.6 Å². The molecular weight excluding hydrogens is 509 g/mol. The maximum atomic E-state index is 14.6. The number of carbonyl (C=O) groups excluding carboxylic acids is 2. The first-order valence-corrected chi connectivity index (χ1v) is 13.3. The molecule has 11 heteroatoms. The van der Waals surface area contributed by atoms with E-state index in [1.807, 2.05) is 18.2 Å². The summed E-state index contributed by atoms with van der Waals surface area (Å²) in [7, 11) is 0. The number of hydrogen-bond donors (Lipinski definition) is 4. The van der Waals surface area contributed by atoms with Gasteiger partial charge in [-0.1, -0.05) is 12.1 Å². The maximum Gasteiger partial charge on any atom is 0.407 e. The first kappa shape index (κ1) is 26.1. The molecule has 200 valence electrons. The highest BCUT2D eigenvalue weighted by Gasteiger charge is 2.41. The summed E-state index contributed by atoms with van der Waals surface area (Å²) >= 11 is 1.35. The second kappa shape index (κ2) is 10.3. The normalized spacial score (nSPS) is 17.2. The molecule has 1 spiro atoms. The Morgan fingerprint density at radius 3 is 2.74 bits per heavy atom. The number of nitrogens with zero attached hydrogens (tertiary/aromatic N) is 2. The highest BCUT2D eigenvalue weighted by molar-refractivity contribution is 7.14. The Morgan fingerprint density at radius 2 is 2.05 bits per heavy atom. The lowest BCUT2D eigenvalue weighted by molar-refractivity contribution is 0.0782. The molecule has 2 amide bonds. The zero-order valence-electron chi connectivity index (χ0n) is 21.2. The molecule has 4 heterocycles. The van der Waals surface area contributed by atoms with E-state index in [1.54, 1.807) is 31.4 Å². The lowest BCUT2D eigenvalue weighted by Crippen LogP contribution is -2.52. The summed E-state index contributed by atoms with van der Waals surface area (Å²) in [5, 5.41) is 21.3. The number of piperidine rings is 1. The molecule has 38 heavy (non-hydrogen) atoms. The number of hydrogen-bond acceptors (Lipinski definition) is 8. The molecule has 0 unspecified atom stereocenters. The number of anilines is 3. The fourth-order valence-electron chi connectivity index (χ4n) is 4.66. The van der Waals surface area contributed by atoms with Crippen molar-refractivity contribution in [2.75, 3.05) is 30.3 Å². The fourth-order valence-corrected chi connectivity index (χ4v) is 5.45. The number of carbonyl (C=O) groups is 2. The van der Waals surface area contributed by atoms with Gasteiger partial charge in [0.15, 0.2) is 0 Å². The molecule has 2 saturated heterocycles. The monoisotopic (exact) mass is 539 g/mol. The lowest BCUT2D eigenvalue weighted by atomic mass is 9.89. The van der Waals surface area contributed by atoms with Crippen molar-refractivity contribution in [1.82, 2.24) is 15.2 Å². The van der Waals surface area contributed by atoms with E-state index in [4.69, 9.17) is 9.72 Å². The van der Waals surface area contributed by atoms with Crippen LogP contribution in [0.4, 0.5) is 25.7 Å². The van der Waals surface area contributed by atoms with Crippen molar-refractivity contribution < 1.29 is 23.8 Å². The summed E-state index contributed by atoms with van der Waals surface area (Å²) in [6, 6.07) is 11.6. The van der Waals surface area contributed by atoms with E-state index >= 15 is 0 Å². The minimum absolute atomic E-state index is 0.0346. The van der Waals surface area contributed by atoms with E-state index in [2.05, 4.69) is 20.9 Å². The number of nitrogens with one attached hydrogen (secondary N) is 3. The zero-order valence-corrected chi connectivity index (χ0v) is 22.0. The Labute approximate surface area is 224 Å². The number of ether oxygens (including phenoxy) is 1. The van der Waals surface area contributed by atoms with Gasteiger partial charge in [0.05, 0.1) is 28.1 Å². The van der Waals surface area contributed by atoms with Gasteiger partial charge in [-0.2, -0.15) is 0 Å². The van der Waals surface area contributed by atoms with E-state index in [0.29, 0.717) is 35.1 Å². The molecule has 0 atom stereocenters. The molecule has 0 saturated carbocycles. The summed E-state index contributed by atoms with van der Waals surface area (Å²) in [4.78, 5) is 31.4. The molecule has 9 nitrogen and oxygen atoms in total. The lowest BCUT2D eigenvalue weighted by Gasteiger charge is -2.37. The van der Waals surface area contributed by atoms with Crippen LogP contribution in [0.5, 0.6) is 0 Å². The molecule has 1 aromatic carbocycles. The largest absolute Gasteiger partial charge is 0.447 e. The summed E-state index contributed by atoms with van der Waals surface area (Å²) in [6.45, 7) is 5.88. The zero-order chi connectivity index (χ0) is 26.9. The Balaban J connectivity index is 1.21. The van der Waals surface area contributed by atoms with Gasteiger partial charge in [-0.3, -0.25) is 9.69 Å². The van der Waals surface area contributed by atoms with Crippen LogP contribution in [-0.2, 0) is 16.9 Å². The van der Waals surface area contributed by atoms with Crippen LogP contribution < -0.4 is 16.0 Å². The van der Waals surface area contributed by atoms with Gasteiger partial charge in [0.25, 0.3) is 5.91 Å². The average molecular weight is 540 g/mol. The predicted molar refractivity (Wildman–Crippen MR) is 143 cm³/mol. The number of benzene rings is 1. The van der Waals surface area contributed by atoms with Gasteiger partial charge < -0.3 is 25.8 Å². The van der Waals surface area contributed by atoms with Crippen LogP contribution in [-0.4, -0.2) is 52.2 Å². The Hall–Kier alpha value is -3.54. The molecule has 2 aliphatic rings. The van der Waals surface area contributed by atoms with Gasteiger partial charge >= 0.3 is 6.09 Å². The fraction of sp³-hybridized carbons (Fsp3) is 0.370. The topological polar surface area (TPSA) is 116 Å². The number of alkyl carbamates (subject to hydrolysis) is 1. The van der Waals surface area contributed by atoms with Gasteiger partial charge in [-0.25, -0.2) is 14.2 Å². The summed E-state index contributed by atoms with van der Waals surface area (Å²) in [5.74, 6) is -0.474. The molecule has 5 rings (SSSR count). The third kappa shape index (κ3) is 5.79. The van der Waals surface area contributed by atoms with Crippen molar-refractivity contribution in [1.29, 1.82) is 0 Å². The first-order chi connectivity index (χ1) is 18.1. The number of aromatic nitrogens is 1. The quantitative estimate of drug-likeness (QED) is 0.347. The number of rotatable bonds is 7. The molecule has 2 aromatic heterocycles. The molecule has 3 aromatic rings. The van der Waals surface area contributed by atoms with Crippen LogP contribution in [0.1, 0.15) is 48.3 Å². The Kier molecular flexibility index (Phi) is 7.08. The van der Waals surface area contributed by atoms with Crippen molar-refractivity contribution in [3.63, 3.8) is 0 Å². The number of halogens is 1. The number of thiophene rings is 1. The van der Waals surface area contributed by atoms with E-state index in [1.165, 1.54) is 23.5 Å². The molecule has 2 aliphatic heterocycles. The van der Waals surface area contributed by atoms with Crippen molar-refractivity contribution in [3.8, 4) is 0 Å².